The highest BCUT2D eigenvalue weighted by molar-refractivity contribution is 4.90. The second-order valence-corrected chi connectivity index (χ2v) is 6.76. The lowest BCUT2D eigenvalue weighted by molar-refractivity contribution is -0.0668. The normalized spacial score (nSPS) is 32.4. The second kappa shape index (κ2) is 7.05. The van der Waals surface area contributed by atoms with Gasteiger partial charge in [0.1, 0.15) is 0 Å². The van der Waals surface area contributed by atoms with Crippen LogP contribution in [0.3, 0.4) is 0 Å². The standard InChI is InChI=1S/C16H32N2O/c1-4-17-12-16(8-6-5-7-9-16)13-18-10-15(3)19-11-14(18)2/h14-15,17H,4-13H2,1-3H3. The first-order chi connectivity index (χ1) is 9.15. The smallest absolute Gasteiger partial charge is 0.0674 e. The van der Waals surface area contributed by atoms with Crippen LogP contribution in [-0.4, -0.2) is 49.8 Å². The van der Waals surface area contributed by atoms with Gasteiger partial charge in [-0.3, -0.25) is 4.90 Å². The molecule has 0 aromatic carbocycles. The summed E-state index contributed by atoms with van der Waals surface area (Å²) < 4.78 is 5.77. The molecule has 0 aromatic rings. The third-order valence-corrected chi connectivity index (χ3v) is 4.94. The molecule has 0 radical (unpaired) electrons. The quantitative estimate of drug-likeness (QED) is 0.829. The molecule has 0 spiro atoms. The molecule has 0 bridgehead atoms. The summed E-state index contributed by atoms with van der Waals surface area (Å²) in [5.74, 6) is 0. The van der Waals surface area contributed by atoms with Gasteiger partial charge in [-0.15, -0.1) is 0 Å². The molecule has 112 valence electrons. The van der Waals surface area contributed by atoms with Crippen LogP contribution in [0.2, 0.25) is 0 Å². The minimum atomic E-state index is 0.399. The van der Waals surface area contributed by atoms with Crippen LogP contribution in [0.4, 0.5) is 0 Å². The molecule has 0 amide bonds. The number of morpholine rings is 1. The molecule has 1 aliphatic heterocycles. The van der Waals surface area contributed by atoms with E-state index in [2.05, 4.69) is 31.0 Å². The summed E-state index contributed by atoms with van der Waals surface area (Å²) in [4.78, 5) is 2.68. The van der Waals surface area contributed by atoms with Gasteiger partial charge in [-0.25, -0.2) is 0 Å². The molecule has 2 atom stereocenters. The van der Waals surface area contributed by atoms with Crippen LogP contribution in [0.5, 0.6) is 0 Å². The van der Waals surface area contributed by atoms with Crippen molar-refractivity contribution in [3.05, 3.63) is 0 Å². The number of hydrogen-bond donors (Lipinski definition) is 1. The van der Waals surface area contributed by atoms with E-state index in [1.54, 1.807) is 0 Å². The van der Waals surface area contributed by atoms with Crippen LogP contribution in [-0.2, 0) is 4.74 Å². The van der Waals surface area contributed by atoms with Crippen molar-refractivity contribution in [3.8, 4) is 0 Å². The molecule has 0 aromatic heterocycles. The molecule has 2 rings (SSSR count). The maximum Gasteiger partial charge on any atom is 0.0674 e. The molecule has 2 fully saturated rings. The van der Waals surface area contributed by atoms with E-state index in [1.165, 1.54) is 45.2 Å². The Bertz CT molecular complexity index is 263. The summed E-state index contributed by atoms with van der Waals surface area (Å²) in [6.45, 7) is 12.3. The van der Waals surface area contributed by atoms with Gasteiger partial charge in [0.25, 0.3) is 0 Å². The monoisotopic (exact) mass is 268 g/mol. The number of nitrogens with zero attached hydrogens (tertiary/aromatic N) is 1. The van der Waals surface area contributed by atoms with Gasteiger partial charge in [0.05, 0.1) is 12.7 Å². The molecule has 1 heterocycles. The Morgan fingerprint density at radius 2 is 1.95 bits per heavy atom. The van der Waals surface area contributed by atoms with Crippen molar-refractivity contribution in [1.82, 2.24) is 10.2 Å². The predicted molar refractivity (Wildman–Crippen MR) is 80.5 cm³/mol. The summed E-state index contributed by atoms with van der Waals surface area (Å²) in [5.41, 5.74) is 0.513. The molecular weight excluding hydrogens is 236 g/mol. The molecule has 1 aliphatic carbocycles. The van der Waals surface area contributed by atoms with Crippen LogP contribution < -0.4 is 5.32 Å². The summed E-state index contributed by atoms with van der Waals surface area (Å²) in [6.07, 6.45) is 7.47. The largest absolute Gasteiger partial charge is 0.376 e. The maximum absolute atomic E-state index is 5.77. The Balaban J connectivity index is 1.97. The molecule has 3 nitrogen and oxygen atoms in total. The summed E-state index contributed by atoms with van der Waals surface area (Å²) in [5, 5.41) is 3.62. The van der Waals surface area contributed by atoms with Gasteiger partial charge in [0, 0.05) is 25.7 Å². The summed E-state index contributed by atoms with van der Waals surface area (Å²) >= 11 is 0. The Hall–Kier alpha value is -0.120. The fourth-order valence-electron chi connectivity index (χ4n) is 3.71. The van der Waals surface area contributed by atoms with Gasteiger partial charge >= 0.3 is 0 Å². The van der Waals surface area contributed by atoms with Crippen LogP contribution in [0.15, 0.2) is 0 Å². The van der Waals surface area contributed by atoms with Gasteiger partial charge in [0.15, 0.2) is 0 Å². The molecule has 1 saturated heterocycles. The van der Waals surface area contributed by atoms with Crippen LogP contribution in [0, 0.1) is 5.41 Å². The molecule has 1 saturated carbocycles. The zero-order chi connectivity index (χ0) is 13.7. The van der Waals surface area contributed by atoms with Crippen LogP contribution in [0.25, 0.3) is 0 Å². The SMILES string of the molecule is CCNCC1(CN2CC(C)OCC2C)CCCCC1. The Morgan fingerprint density at radius 1 is 1.21 bits per heavy atom. The van der Waals surface area contributed by atoms with Crippen molar-refractivity contribution in [3.63, 3.8) is 0 Å². The second-order valence-electron chi connectivity index (χ2n) is 6.76. The third-order valence-electron chi connectivity index (χ3n) is 4.94. The number of ether oxygens (including phenoxy) is 1. The number of nitrogens with one attached hydrogen (secondary N) is 1. The van der Waals surface area contributed by atoms with E-state index in [0.29, 0.717) is 17.6 Å². The lowest BCUT2D eigenvalue weighted by atomic mass is 9.73. The highest BCUT2D eigenvalue weighted by atomic mass is 16.5. The van der Waals surface area contributed by atoms with Crippen molar-refractivity contribution in [2.45, 2.75) is 65.0 Å². The number of hydrogen-bond acceptors (Lipinski definition) is 3. The first-order valence-electron chi connectivity index (χ1n) is 8.21. The van der Waals surface area contributed by atoms with Crippen LogP contribution >= 0.6 is 0 Å². The minimum absolute atomic E-state index is 0.399. The molecule has 19 heavy (non-hydrogen) atoms. The van der Waals surface area contributed by atoms with E-state index in [0.717, 1.165) is 19.7 Å². The van der Waals surface area contributed by atoms with Crippen molar-refractivity contribution >= 4 is 0 Å². The first kappa shape index (κ1) is 15.3. The summed E-state index contributed by atoms with van der Waals surface area (Å²) in [7, 11) is 0. The lowest BCUT2D eigenvalue weighted by Crippen LogP contribution is -2.53. The molecular formula is C16H32N2O. The predicted octanol–water partition coefficient (Wildman–Crippen LogP) is 2.66. The van der Waals surface area contributed by atoms with Gasteiger partial charge < -0.3 is 10.1 Å². The van der Waals surface area contributed by atoms with Crippen LogP contribution in [0.1, 0.15) is 52.9 Å². The highest BCUT2D eigenvalue weighted by Crippen LogP contribution is 2.37. The highest BCUT2D eigenvalue weighted by Gasteiger charge is 2.36. The summed E-state index contributed by atoms with van der Waals surface area (Å²) in [6, 6.07) is 0.580. The van der Waals surface area contributed by atoms with E-state index in [1.807, 2.05) is 0 Å². The zero-order valence-electron chi connectivity index (χ0n) is 13.1. The zero-order valence-corrected chi connectivity index (χ0v) is 13.1. The average molecular weight is 268 g/mol. The Labute approximate surface area is 119 Å². The Kier molecular flexibility index (Phi) is 5.67. The third kappa shape index (κ3) is 4.17. The van der Waals surface area contributed by atoms with E-state index in [4.69, 9.17) is 4.74 Å². The van der Waals surface area contributed by atoms with Crippen molar-refractivity contribution < 1.29 is 4.74 Å². The molecule has 2 unspecified atom stereocenters. The van der Waals surface area contributed by atoms with Gasteiger partial charge in [-0.1, -0.05) is 26.2 Å². The molecule has 1 N–H and O–H groups in total. The lowest BCUT2D eigenvalue weighted by Gasteiger charge is -2.45. The first-order valence-corrected chi connectivity index (χ1v) is 8.21. The van der Waals surface area contributed by atoms with Gasteiger partial charge in [-0.05, 0) is 38.6 Å². The van der Waals surface area contributed by atoms with E-state index >= 15 is 0 Å². The topological polar surface area (TPSA) is 24.5 Å². The van der Waals surface area contributed by atoms with Crippen molar-refractivity contribution in [2.75, 3.05) is 32.8 Å². The van der Waals surface area contributed by atoms with Gasteiger partial charge in [0.2, 0.25) is 0 Å². The van der Waals surface area contributed by atoms with Crippen molar-refractivity contribution in [1.29, 1.82) is 0 Å². The number of rotatable bonds is 5. The van der Waals surface area contributed by atoms with E-state index < -0.39 is 0 Å². The Morgan fingerprint density at radius 3 is 2.63 bits per heavy atom. The van der Waals surface area contributed by atoms with Crippen molar-refractivity contribution in [2.24, 2.45) is 5.41 Å². The van der Waals surface area contributed by atoms with Gasteiger partial charge in [-0.2, -0.15) is 0 Å². The fraction of sp³-hybridized carbons (Fsp3) is 1.00. The maximum atomic E-state index is 5.77. The average Bonchev–Trinajstić information content (AvgIpc) is 2.42. The van der Waals surface area contributed by atoms with E-state index in [-0.39, 0.29) is 0 Å². The fourth-order valence-corrected chi connectivity index (χ4v) is 3.71. The minimum Gasteiger partial charge on any atom is -0.376 e. The molecule has 2 aliphatic rings. The van der Waals surface area contributed by atoms with E-state index in [9.17, 15) is 0 Å². The molecule has 3 heteroatoms.